The minimum Gasteiger partial charge on any atom is -0.444 e. The minimum atomic E-state index is -1.04. The SMILES string of the molecule is CC(C)(C)OC(=O)N1CCC(S(=O)c2ccncc2)CC1. The number of carbonyl (C=O) groups is 1. The van der Waals surface area contributed by atoms with Crippen LogP contribution in [0, 0.1) is 0 Å². The molecule has 1 atom stereocenters. The van der Waals surface area contributed by atoms with Gasteiger partial charge in [0.15, 0.2) is 0 Å². The van der Waals surface area contributed by atoms with Crippen LogP contribution >= 0.6 is 0 Å². The van der Waals surface area contributed by atoms with Crippen LogP contribution in [-0.4, -0.2) is 44.1 Å². The molecule has 21 heavy (non-hydrogen) atoms. The summed E-state index contributed by atoms with van der Waals surface area (Å²) in [7, 11) is -1.04. The Balaban J connectivity index is 1.89. The fraction of sp³-hybridized carbons (Fsp3) is 0.600. The van der Waals surface area contributed by atoms with Crippen LogP contribution in [0.4, 0.5) is 4.79 Å². The monoisotopic (exact) mass is 310 g/mol. The van der Waals surface area contributed by atoms with Crippen LogP contribution < -0.4 is 0 Å². The van der Waals surface area contributed by atoms with Gasteiger partial charge < -0.3 is 9.64 Å². The predicted molar refractivity (Wildman–Crippen MR) is 81.5 cm³/mol. The van der Waals surface area contributed by atoms with Crippen LogP contribution in [0.2, 0.25) is 0 Å². The number of rotatable bonds is 2. The molecule has 1 saturated heterocycles. The Morgan fingerprint density at radius 1 is 1.29 bits per heavy atom. The number of piperidine rings is 1. The highest BCUT2D eigenvalue weighted by atomic mass is 32.2. The fourth-order valence-electron chi connectivity index (χ4n) is 2.24. The summed E-state index contributed by atoms with van der Waals surface area (Å²) in [6.45, 7) is 6.76. The molecule has 2 heterocycles. The lowest BCUT2D eigenvalue weighted by Crippen LogP contribution is -2.43. The number of pyridine rings is 1. The van der Waals surface area contributed by atoms with Gasteiger partial charge in [-0.2, -0.15) is 0 Å². The van der Waals surface area contributed by atoms with Gasteiger partial charge in [0.25, 0.3) is 0 Å². The van der Waals surface area contributed by atoms with E-state index in [2.05, 4.69) is 4.98 Å². The van der Waals surface area contributed by atoms with Crippen molar-refractivity contribution < 1.29 is 13.7 Å². The van der Waals surface area contributed by atoms with Gasteiger partial charge in [-0.1, -0.05) is 0 Å². The summed E-state index contributed by atoms with van der Waals surface area (Å²) in [5.74, 6) is 0. The second-order valence-corrected chi connectivity index (χ2v) is 7.88. The van der Waals surface area contributed by atoms with E-state index in [1.807, 2.05) is 20.8 Å². The number of aromatic nitrogens is 1. The summed E-state index contributed by atoms with van der Waals surface area (Å²) in [5.41, 5.74) is -0.478. The zero-order chi connectivity index (χ0) is 15.5. The molecule has 1 aromatic rings. The summed E-state index contributed by atoms with van der Waals surface area (Å²) >= 11 is 0. The average Bonchev–Trinajstić information content (AvgIpc) is 2.46. The van der Waals surface area contributed by atoms with Crippen molar-refractivity contribution in [2.75, 3.05) is 13.1 Å². The molecule has 0 spiro atoms. The van der Waals surface area contributed by atoms with Gasteiger partial charge in [-0.3, -0.25) is 9.19 Å². The Hall–Kier alpha value is -1.43. The fourth-order valence-corrected chi connectivity index (χ4v) is 3.66. The zero-order valence-corrected chi connectivity index (χ0v) is 13.6. The van der Waals surface area contributed by atoms with Crippen molar-refractivity contribution in [3.8, 4) is 0 Å². The number of hydrogen-bond acceptors (Lipinski definition) is 4. The Bertz CT molecular complexity index is 505. The molecule has 6 heteroatoms. The number of hydrogen-bond donors (Lipinski definition) is 0. The van der Waals surface area contributed by atoms with E-state index in [-0.39, 0.29) is 11.3 Å². The van der Waals surface area contributed by atoms with Crippen LogP contribution in [-0.2, 0) is 15.5 Å². The van der Waals surface area contributed by atoms with Crippen molar-refractivity contribution in [1.82, 2.24) is 9.88 Å². The molecule has 1 aromatic heterocycles. The molecule has 0 aromatic carbocycles. The van der Waals surface area contributed by atoms with E-state index in [1.165, 1.54) is 0 Å². The maximum atomic E-state index is 12.5. The van der Waals surface area contributed by atoms with E-state index in [1.54, 1.807) is 29.4 Å². The van der Waals surface area contributed by atoms with Crippen LogP contribution in [0.25, 0.3) is 0 Å². The lowest BCUT2D eigenvalue weighted by Gasteiger charge is -2.33. The van der Waals surface area contributed by atoms with Gasteiger partial charge >= 0.3 is 6.09 Å². The average molecular weight is 310 g/mol. The van der Waals surface area contributed by atoms with Gasteiger partial charge in [0.2, 0.25) is 0 Å². The summed E-state index contributed by atoms with van der Waals surface area (Å²) in [5, 5.41) is 0.0890. The smallest absolute Gasteiger partial charge is 0.410 e. The third kappa shape index (κ3) is 4.52. The number of carbonyl (C=O) groups excluding carboxylic acids is 1. The van der Waals surface area contributed by atoms with Gasteiger partial charge in [-0.15, -0.1) is 0 Å². The molecular weight excluding hydrogens is 288 g/mol. The Kier molecular flexibility index (Phi) is 4.98. The van der Waals surface area contributed by atoms with E-state index < -0.39 is 16.4 Å². The Morgan fingerprint density at radius 2 is 1.86 bits per heavy atom. The van der Waals surface area contributed by atoms with Crippen LogP contribution in [0.3, 0.4) is 0 Å². The van der Waals surface area contributed by atoms with E-state index in [4.69, 9.17) is 4.74 Å². The molecule has 1 amide bonds. The van der Waals surface area contributed by atoms with Crippen molar-refractivity contribution in [3.63, 3.8) is 0 Å². The topological polar surface area (TPSA) is 59.5 Å². The second-order valence-electron chi connectivity index (χ2n) is 6.15. The lowest BCUT2D eigenvalue weighted by atomic mass is 10.1. The maximum Gasteiger partial charge on any atom is 0.410 e. The van der Waals surface area contributed by atoms with Crippen molar-refractivity contribution in [3.05, 3.63) is 24.5 Å². The third-order valence-electron chi connectivity index (χ3n) is 3.28. The molecule has 1 aliphatic rings. The molecule has 2 rings (SSSR count). The third-order valence-corrected chi connectivity index (χ3v) is 5.09. The van der Waals surface area contributed by atoms with Crippen molar-refractivity contribution >= 4 is 16.9 Å². The molecule has 116 valence electrons. The molecule has 1 aliphatic heterocycles. The molecule has 0 saturated carbocycles. The molecule has 5 nitrogen and oxygen atoms in total. The standard InChI is InChI=1S/C15H22N2O3S/c1-15(2,3)20-14(18)17-10-6-13(7-11-17)21(19)12-4-8-16-9-5-12/h4-5,8-9,13H,6-7,10-11H2,1-3H3. The van der Waals surface area contributed by atoms with Gasteiger partial charge in [-0.25, -0.2) is 4.79 Å². The molecule has 0 radical (unpaired) electrons. The number of likely N-dealkylation sites (tertiary alicyclic amines) is 1. The van der Waals surface area contributed by atoms with E-state index in [0.29, 0.717) is 13.1 Å². The molecular formula is C15H22N2O3S. The first kappa shape index (κ1) is 15.9. The molecule has 0 aliphatic carbocycles. The molecule has 1 unspecified atom stereocenters. The minimum absolute atomic E-state index is 0.0890. The first-order valence-corrected chi connectivity index (χ1v) is 8.36. The van der Waals surface area contributed by atoms with Crippen molar-refractivity contribution in [2.45, 2.75) is 49.4 Å². The first-order valence-electron chi connectivity index (χ1n) is 7.15. The quantitative estimate of drug-likeness (QED) is 0.842. The molecule has 0 bridgehead atoms. The first-order chi connectivity index (χ1) is 9.87. The van der Waals surface area contributed by atoms with Crippen LogP contribution in [0.15, 0.2) is 29.4 Å². The van der Waals surface area contributed by atoms with E-state index in [0.717, 1.165) is 17.7 Å². The zero-order valence-electron chi connectivity index (χ0n) is 12.7. The Labute approximate surface area is 128 Å². The van der Waals surface area contributed by atoms with Crippen molar-refractivity contribution in [1.29, 1.82) is 0 Å². The maximum absolute atomic E-state index is 12.5. The summed E-state index contributed by atoms with van der Waals surface area (Å²) in [6.07, 6.45) is 4.49. The van der Waals surface area contributed by atoms with Gasteiger partial charge in [0, 0.05) is 35.6 Å². The number of ether oxygens (including phenoxy) is 1. The van der Waals surface area contributed by atoms with Crippen LogP contribution in [0.1, 0.15) is 33.6 Å². The van der Waals surface area contributed by atoms with E-state index >= 15 is 0 Å². The van der Waals surface area contributed by atoms with Gasteiger partial charge in [0.1, 0.15) is 5.60 Å². The van der Waals surface area contributed by atoms with Gasteiger partial charge in [-0.05, 0) is 45.7 Å². The Morgan fingerprint density at radius 3 is 2.38 bits per heavy atom. The second kappa shape index (κ2) is 6.56. The largest absolute Gasteiger partial charge is 0.444 e. The predicted octanol–water partition coefficient (Wildman–Crippen LogP) is 2.59. The van der Waals surface area contributed by atoms with E-state index in [9.17, 15) is 9.00 Å². The molecule has 0 N–H and O–H groups in total. The summed E-state index contributed by atoms with van der Waals surface area (Å²) in [4.78, 5) is 18.4. The lowest BCUT2D eigenvalue weighted by molar-refractivity contribution is 0.0218. The normalized spacial score (nSPS) is 18.3. The number of amides is 1. The van der Waals surface area contributed by atoms with Crippen molar-refractivity contribution in [2.24, 2.45) is 0 Å². The highest BCUT2D eigenvalue weighted by molar-refractivity contribution is 7.85. The summed E-state index contributed by atoms with van der Waals surface area (Å²) in [6, 6.07) is 3.58. The number of nitrogens with zero attached hydrogens (tertiary/aromatic N) is 2. The summed E-state index contributed by atoms with van der Waals surface area (Å²) < 4.78 is 17.8. The van der Waals surface area contributed by atoms with Gasteiger partial charge in [0.05, 0.1) is 10.8 Å². The highest BCUT2D eigenvalue weighted by Gasteiger charge is 2.29. The van der Waals surface area contributed by atoms with Crippen LogP contribution in [0.5, 0.6) is 0 Å². The highest BCUT2D eigenvalue weighted by Crippen LogP contribution is 2.22. The molecule has 1 fully saturated rings.